The third-order valence-electron chi connectivity index (χ3n) is 6.03. The number of amidine groups is 1. The van der Waals surface area contributed by atoms with Crippen LogP contribution in [0.4, 0.5) is 23.7 Å². The van der Waals surface area contributed by atoms with E-state index in [0.29, 0.717) is 22.2 Å². The lowest BCUT2D eigenvalue weighted by molar-refractivity contribution is -0.274. The van der Waals surface area contributed by atoms with Crippen molar-refractivity contribution < 1.29 is 27.5 Å². The number of para-hydroxylation sites is 1. The Bertz CT molecular complexity index is 1600. The Morgan fingerprint density at radius 1 is 1.10 bits per heavy atom. The summed E-state index contributed by atoms with van der Waals surface area (Å²) in [4.78, 5) is 35.2. The van der Waals surface area contributed by atoms with Crippen LogP contribution in [0.3, 0.4) is 0 Å². The lowest BCUT2D eigenvalue weighted by Gasteiger charge is -2.19. The zero-order valence-electron chi connectivity index (χ0n) is 21.6. The molecule has 4 aromatic rings. The van der Waals surface area contributed by atoms with E-state index in [-0.39, 0.29) is 24.0 Å². The van der Waals surface area contributed by atoms with Gasteiger partial charge in [-0.3, -0.25) is 9.69 Å². The summed E-state index contributed by atoms with van der Waals surface area (Å²) in [6.45, 7) is 2.17. The lowest BCUT2D eigenvalue weighted by atomic mass is 10.1. The van der Waals surface area contributed by atoms with E-state index >= 15 is 0 Å². The molecule has 1 fully saturated rings. The second kappa shape index (κ2) is 11.8. The molecule has 1 saturated heterocycles. The van der Waals surface area contributed by atoms with Crippen molar-refractivity contribution in [2.75, 3.05) is 10.7 Å². The van der Waals surface area contributed by atoms with Gasteiger partial charge < -0.3 is 10.1 Å². The quantitative estimate of drug-likeness (QED) is 0.299. The van der Waals surface area contributed by atoms with E-state index in [0.717, 1.165) is 23.2 Å². The van der Waals surface area contributed by atoms with Gasteiger partial charge in [0.15, 0.2) is 11.0 Å². The van der Waals surface area contributed by atoms with E-state index in [2.05, 4.69) is 25.1 Å². The summed E-state index contributed by atoms with van der Waals surface area (Å²) in [5.74, 6) is 0.128. The number of nitrogens with one attached hydrogen (secondary N) is 1. The number of thioether (sulfide) groups is 1. The zero-order chi connectivity index (χ0) is 29.0. The number of urea groups is 1. The third kappa shape index (κ3) is 6.74. The Hall–Kier alpha value is -4.65. The van der Waals surface area contributed by atoms with Crippen LogP contribution in [-0.2, 0) is 17.8 Å². The van der Waals surface area contributed by atoms with Crippen molar-refractivity contribution in [1.29, 1.82) is 0 Å². The summed E-state index contributed by atoms with van der Waals surface area (Å²) in [6.07, 6.45) is -2.59. The molecule has 1 aliphatic rings. The van der Waals surface area contributed by atoms with Crippen molar-refractivity contribution in [3.63, 3.8) is 0 Å². The van der Waals surface area contributed by atoms with Crippen molar-refractivity contribution in [2.24, 2.45) is 4.99 Å². The molecule has 0 saturated carbocycles. The Balaban J connectivity index is 1.25. The average Bonchev–Trinajstić information content (AvgIpc) is 3.59. The molecule has 0 bridgehead atoms. The molecule has 0 atom stereocenters. The van der Waals surface area contributed by atoms with Gasteiger partial charge in [-0.25, -0.2) is 14.5 Å². The zero-order valence-corrected chi connectivity index (χ0v) is 22.4. The molecule has 1 N–H and O–H groups in total. The molecule has 3 amide bonds. The fourth-order valence-corrected chi connectivity index (χ4v) is 5.01. The van der Waals surface area contributed by atoms with Crippen LogP contribution in [0.1, 0.15) is 18.1 Å². The smallest absolute Gasteiger partial charge is 0.406 e. The largest absolute Gasteiger partial charge is 0.573 e. The minimum Gasteiger partial charge on any atom is -0.406 e. The third-order valence-corrected chi connectivity index (χ3v) is 6.95. The van der Waals surface area contributed by atoms with Gasteiger partial charge >= 0.3 is 12.4 Å². The van der Waals surface area contributed by atoms with E-state index in [4.69, 9.17) is 0 Å². The number of aromatic nitrogens is 3. The first kappa shape index (κ1) is 27.9. The Morgan fingerprint density at radius 3 is 2.63 bits per heavy atom. The molecule has 3 aromatic carbocycles. The number of anilines is 1. The topological polar surface area (TPSA) is 102 Å². The molecule has 2 heterocycles. The number of aryl methyl sites for hydroxylation is 1. The number of amides is 3. The Kier molecular flexibility index (Phi) is 8.06. The number of nitrogens with zero attached hydrogens (tertiary/aromatic N) is 5. The Morgan fingerprint density at radius 2 is 1.88 bits per heavy atom. The molecule has 0 radical (unpaired) electrons. The number of benzene rings is 3. The van der Waals surface area contributed by atoms with Gasteiger partial charge in [-0.1, -0.05) is 55.1 Å². The molecular weight excluding hydrogens is 557 g/mol. The van der Waals surface area contributed by atoms with Crippen molar-refractivity contribution in [2.45, 2.75) is 26.3 Å². The number of halogens is 3. The highest BCUT2D eigenvalue weighted by Crippen LogP contribution is 2.30. The number of hydrogen-bond acceptors (Lipinski definition) is 6. The van der Waals surface area contributed by atoms with Crippen LogP contribution in [0.25, 0.3) is 17.1 Å². The number of aliphatic imine (C=N–C) groups is 1. The van der Waals surface area contributed by atoms with Gasteiger partial charge in [-0.05, 0) is 53.9 Å². The number of ether oxygens (including phenoxy) is 1. The fraction of sp³-hybridized carbons (Fsp3) is 0.179. The van der Waals surface area contributed by atoms with Gasteiger partial charge in [0.2, 0.25) is 5.91 Å². The van der Waals surface area contributed by atoms with Crippen molar-refractivity contribution in [3.05, 3.63) is 90.3 Å². The molecule has 0 aliphatic carbocycles. The summed E-state index contributed by atoms with van der Waals surface area (Å²) in [6, 6.07) is 19.4. The molecule has 0 unspecified atom stereocenters. The summed E-state index contributed by atoms with van der Waals surface area (Å²) in [5, 5.41) is 7.50. The van der Waals surface area contributed by atoms with Crippen LogP contribution in [0.15, 0.2) is 84.1 Å². The van der Waals surface area contributed by atoms with E-state index in [1.54, 1.807) is 12.1 Å². The maximum absolute atomic E-state index is 12.7. The van der Waals surface area contributed by atoms with Crippen LogP contribution in [0.5, 0.6) is 5.75 Å². The molecule has 13 heteroatoms. The average molecular weight is 581 g/mol. The molecule has 1 aliphatic heterocycles. The summed E-state index contributed by atoms with van der Waals surface area (Å²) >= 11 is 1.22. The molecule has 210 valence electrons. The van der Waals surface area contributed by atoms with Crippen LogP contribution in [0, 0.1) is 0 Å². The summed E-state index contributed by atoms with van der Waals surface area (Å²) in [5.41, 5.74) is 3.65. The number of carbonyl (C=O) groups excluding carboxylic acids is 2. The molecule has 0 spiro atoms. The second-order valence-corrected chi connectivity index (χ2v) is 9.75. The minimum absolute atomic E-state index is 0.132. The normalized spacial score (nSPS) is 14.5. The first-order valence-electron chi connectivity index (χ1n) is 12.5. The molecule has 5 rings (SSSR count). The molecule has 1 aromatic heterocycles. The van der Waals surface area contributed by atoms with Gasteiger partial charge in [0, 0.05) is 12.1 Å². The maximum Gasteiger partial charge on any atom is 0.573 e. The second-order valence-electron chi connectivity index (χ2n) is 8.81. The van der Waals surface area contributed by atoms with Crippen LogP contribution < -0.4 is 15.0 Å². The number of rotatable bonds is 7. The van der Waals surface area contributed by atoms with Crippen LogP contribution in [0.2, 0.25) is 0 Å². The number of hydrogen-bond donors (Lipinski definition) is 1. The molecule has 41 heavy (non-hydrogen) atoms. The van der Waals surface area contributed by atoms with E-state index < -0.39 is 12.4 Å². The molecular formula is C28H23F3N6O3S. The lowest BCUT2D eigenvalue weighted by Crippen LogP contribution is -2.32. The van der Waals surface area contributed by atoms with E-state index in [9.17, 15) is 22.8 Å². The maximum atomic E-state index is 12.7. The highest BCUT2D eigenvalue weighted by atomic mass is 32.2. The first-order chi connectivity index (χ1) is 19.7. The van der Waals surface area contributed by atoms with Gasteiger partial charge in [0.1, 0.15) is 12.1 Å². The van der Waals surface area contributed by atoms with Gasteiger partial charge in [-0.15, -0.1) is 18.3 Å². The van der Waals surface area contributed by atoms with E-state index in [1.165, 1.54) is 51.9 Å². The monoisotopic (exact) mass is 580 g/mol. The predicted molar refractivity (Wildman–Crippen MR) is 149 cm³/mol. The first-order valence-corrected chi connectivity index (χ1v) is 13.5. The summed E-state index contributed by atoms with van der Waals surface area (Å²) < 4.78 is 42.5. The fourth-order valence-electron chi connectivity index (χ4n) is 4.15. The van der Waals surface area contributed by atoms with Crippen LogP contribution in [-0.4, -0.2) is 44.0 Å². The predicted octanol–water partition coefficient (Wildman–Crippen LogP) is 5.74. The van der Waals surface area contributed by atoms with Crippen molar-refractivity contribution in [1.82, 2.24) is 20.1 Å². The minimum atomic E-state index is -4.77. The SMILES string of the molecule is CCc1ccccc1N1C(=O)CS/C1=N\C(=O)NCc1cccc(-c2ncn(-c3ccc(OC(F)(F)F)cc3)n2)c1. The van der Waals surface area contributed by atoms with Gasteiger partial charge in [-0.2, -0.15) is 4.99 Å². The van der Waals surface area contributed by atoms with Crippen LogP contribution >= 0.6 is 11.8 Å². The summed E-state index contributed by atoms with van der Waals surface area (Å²) in [7, 11) is 0. The molecule has 9 nitrogen and oxygen atoms in total. The Labute approximate surface area is 237 Å². The van der Waals surface area contributed by atoms with Crippen molar-refractivity contribution >= 4 is 34.6 Å². The van der Waals surface area contributed by atoms with Gasteiger partial charge in [0.05, 0.1) is 17.1 Å². The highest BCUT2D eigenvalue weighted by molar-refractivity contribution is 8.15. The van der Waals surface area contributed by atoms with Crippen molar-refractivity contribution in [3.8, 4) is 22.8 Å². The number of alkyl halides is 3. The number of carbonyl (C=O) groups is 2. The highest BCUT2D eigenvalue weighted by Gasteiger charge is 2.32. The van der Waals surface area contributed by atoms with E-state index in [1.807, 2.05) is 43.3 Å². The van der Waals surface area contributed by atoms with Gasteiger partial charge in [0.25, 0.3) is 0 Å². The standard InChI is InChI=1S/C28H23F3N6O3S/c1-2-19-7-3-4-9-23(19)37-24(38)16-41-27(37)34-26(39)32-15-18-6-5-8-20(14-18)25-33-17-36(35-25)21-10-12-22(13-11-21)40-28(29,30)31/h3-14,17H,2,15-16H2,1H3,(H,32,39)/b34-27-.